The van der Waals surface area contributed by atoms with Crippen molar-refractivity contribution < 1.29 is 4.42 Å². The van der Waals surface area contributed by atoms with E-state index in [1.807, 2.05) is 30.3 Å². The first kappa shape index (κ1) is 12.7. The molecule has 0 spiro atoms. The van der Waals surface area contributed by atoms with Gasteiger partial charge in [0.2, 0.25) is 0 Å². The first-order valence-electron chi connectivity index (χ1n) is 5.38. The number of furan rings is 1. The average Bonchev–Trinajstić information content (AvgIpc) is 2.72. The number of hydrogen-bond acceptors (Lipinski definition) is 2. The lowest BCUT2D eigenvalue weighted by Gasteiger charge is -2.13. The fourth-order valence-electron chi connectivity index (χ4n) is 1.59. The zero-order valence-corrected chi connectivity index (χ0v) is 11.8. The monoisotopic (exact) mass is 313 g/mol. The predicted molar refractivity (Wildman–Crippen MR) is 73.1 cm³/mol. The van der Waals surface area contributed by atoms with Crippen molar-refractivity contribution in [1.82, 2.24) is 5.32 Å². The Morgan fingerprint density at radius 2 is 2.18 bits per heavy atom. The summed E-state index contributed by atoms with van der Waals surface area (Å²) in [6.07, 6.45) is 0. The third-order valence-electron chi connectivity index (χ3n) is 2.56. The second kappa shape index (κ2) is 5.71. The number of rotatable bonds is 4. The molecule has 0 saturated heterocycles. The molecule has 0 bridgehead atoms. The van der Waals surface area contributed by atoms with Crippen LogP contribution in [0.1, 0.15) is 24.3 Å². The maximum absolute atomic E-state index is 5.96. The summed E-state index contributed by atoms with van der Waals surface area (Å²) < 4.78 is 6.18. The highest BCUT2D eigenvalue weighted by molar-refractivity contribution is 9.10. The van der Waals surface area contributed by atoms with Crippen LogP contribution in [-0.2, 0) is 6.54 Å². The summed E-state index contributed by atoms with van der Waals surface area (Å²) in [5, 5.41) is 4.14. The van der Waals surface area contributed by atoms with Crippen LogP contribution in [0.4, 0.5) is 0 Å². The molecule has 0 fully saturated rings. The van der Waals surface area contributed by atoms with Crippen molar-refractivity contribution in [1.29, 1.82) is 0 Å². The van der Waals surface area contributed by atoms with Crippen LogP contribution in [0.15, 0.2) is 45.5 Å². The van der Waals surface area contributed by atoms with Crippen LogP contribution >= 0.6 is 27.5 Å². The van der Waals surface area contributed by atoms with E-state index in [9.17, 15) is 0 Å². The van der Waals surface area contributed by atoms with E-state index in [0.29, 0.717) is 6.54 Å². The summed E-state index contributed by atoms with van der Waals surface area (Å²) in [5.41, 5.74) is 1.17. The third-order valence-corrected chi connectivity index (χ3v) is 3.22. The van der Waals surface area contributed by atoms with Crippen molar-refractivity contribution in [2.24, 2.45) is 0 Å². The van der Waals surface area contributed by atoms with Crippen molar-refractivity contribution >= 4 is 27.5 Å². The molecule has 0 aliphatic heterocycles. The lowest BCUT2D eigenvalue weighted by molar-refractivity contribution is 0.447. The van der Waals surface area contributed by atoms with Gasteiger partial charge in [0, 0.05) is 11.1 Å². The summed E-state index contributed by atoms with van der Waals surface area (Å²) in [4.78, 5) is 0. The van der Waals surface area contributed by atoms with E-state index in [0.717, 1.165) is 15.5 Å². The molecule has 1 aromatic carbocycles. The van der Waals surface area contributed by atoms with Crippen molar-refractivity contribution in [3.63, 3.8) is 0 Å². The molecule has 0 aliphatic rings. The quantitative estimate of drug-likeness (QED) is 0.896. The van der Waals surface area contributed by atoms with Crippen molar-refractivity contribution in [2.75, 3.05) is 0 Å². The van der Waals surface area contributed by atoms with Crippen LogP contribution in [0.3, 0.4) is 0 Å². The number of halogens is 2. The molecule has 0 radical (unpaired) electrons. The van der Waals surface area contributed by atoms with Gasteiger partial charge in [0.1, 0.15) is 5.76 Å². The van der Waals surface area contributed by atoms with Crippen molar-refractivity contribution in [3.8, 4) is 0 Å². The van der Waals surface area contributed by atoms with E-state index in [1.165, 1.54) is 5.56 Å². The fraction of sp³-hybridized carbons (Fsp3) is 0.231. The van der Waals surface area contributed by atoms with Gasteiger partial charge in [-0.25, -0.2) is 0 Å². The third kappa shape index (κ3) is 3.60. The Balaban J connectivity index is 1.95. The summed E-state index contributed by atoms with van der Waals surface area (Å²) in [7, 11) is 0. The highest BCUT2D eigenvalue weighted by Gasteiger charge is 2.06. The van der Waals surface area contributed by atoms with Gasteiger partial charge in [-0.05, 0) is 52.7 Å². The Bertz CT molecular complexity index is 498. The minimum atomic E-state index is 0.234. The number of hydrogen-bond donors (Lipinski definition) is 1. The van der Waals surface area contributed by atoms with E-state index in [2.05, 4.69) is 34.2 Å². The molecular formula is C13H13BrClNO. The first-order valence-corrected chi connectivity index (χ1v) is 6.55. The zero-order valence-electron chi connectivity index (χ0n) is 9.41. The second-order valence-electron chi connectivity index (χ2n) is 3.86. The minimum absolute atomic E-state index is 0.234. The molecule has 17 heavy (non-hydrogen) atoms. The molecule has 0 aliphatic carbocycles. The van der Waals surface area contributed by atoms with Crippen LogP contribution in [-0.4, -0.2) is 0 Å². The van der Waals surface area contributed by atoms with Gasteiger partial charge in [-0.15, -0.1) is 0 Å². The molecule has 2 aromatic rings. The molecule has 1 atom stereocenters. The Labute approximate surface area is 114 Å². The SMILES string of the molecule is CC(NCc1ccc(Br)o1)c1cccc(Cl)c1. The number of nitrogens with one attached hydrogen (secondary N) is 1. The molecule has 1 N–H and O–H groups in total. The Morgan fingerprint density at radius 1 is 1.35 bits per heavy atom. The summed E-state index contributed by atoms with van der Waals surface area (Å²) in [6.45, 7) is 2.79. The summed E-state index contributed by atoms with van der Waals surface area (Å²) in [5.74, 6) is 0.908. The van der Waals surface area contributed by atoms with Crippen LogP contribution in [0.2, 0.25) is 5.02 Å². The number of benzene rings is 1. The largest absolute Gasteiger partial charge is 0.453 e. The lowest BCUT2D eigenvalue weighted by Crippen LogP contribution is -2.17. The van der Waals surface area contributed by atoms with Crippen LogP contribution < -0.4 is 5.32 Å². The minimum Gasteiger partial charge on any atom is -0.453 e. The van der Waals surface area contributed by atoms with Gasteiger partial charge in [0.05, 0.1) is 6.54 Å². The van der Waals surface area contributed by atoms with Gasteiger partial charge < -0.3 is 9.73 Å². The van der Waals surface area contributed by atoms with Gasteiger partial charge in [-0.3, -0.25) is 0 Å². The van der Waals surface area contributed by atoms with E-state index < -0.39 is 0 Å². The molecular weight excluding hydrogens is 302 g/mol. The van der Waals surface area contributed by atoms with Crippen LogP contribution in [0.5, 0.6) is 0 Å². The molecule has 90 valence electrons. The van der Waals surface area contributed by atoms with Gasteiger partial charge in [0.25, 0.3) is 0 Å². The van der Waals surface area contributed by atoms with Gasteiger partial charge in [-0.2, -0.15) is 0 Å². The standard InChI is InChI=1S/C13H13BrClNO/c1-9(10-3-2-4-11(15)7-10)16-8-12-5-6-13(14)17-12/h2-7,9,16H,8H2,1H3. The molecule has 2 rings (SSSR count). The molecule has 0 amide bonds. The van der Waals surface area contributed by atoms with Gasteiger partial charge in [0.15, 0.2) is 4.67 Å². The molecule has 1 heterocycles. The summed E-state index contributed by atoms with van der Waals surface area (Å²) in [6, 6.07) is 11.9. The van der Waals surface area contributed by atoms with Crippen LogP contribution in [0.25, 0.3) is 0 Å². The maximum Gasteiger partial charge on any atom is 0.169 e. The fourth-order valence-corrected chi connectivity index (χ4v) is 2.13. The average molecular weight is 315 g/mol. The summed E-state index contributed by atoms with van der Waals surface area (Å²) >= 11 is 9.24. The second-order valence-corrected chi connectivity index (χ2v) is 5.08. The first-order chi connectivity index (χ1) is 8.15. The van der Waals surface area contributed by atoms with Crippen molar-refractivity contribution in [2.45, 2.75) is 19.5 Å². The lowest BCUT2D eigenvalue weighted by atomic mass is 10.1. The predicted octanol–water partition coefficient (Wildman–Crippen LogP) is 4.55. The maximum atomic E-state index is 5.96. The highest BCUT2D eigenvalue weighted by atomic mass is 79.9. The Morgan fingerprint density at radius 3 is 2.82 bits per heavy atom. The highest BCUT2D eigenvalue weighted by Crippen LogP contribution is 2.19. The van der Waals surface area contributed by atoms with Crippen molar-refractivity contribution in [3.05, 3.63) is 57.4 Å². The molecule has 0 saturated carbocycles. The molecule has 4 heteroatoms. The normalized spacial score (nSPS) is 12.6. The van der Waals surface area contributed by atoms with Crippen LogP contribution in [0, 0.1) is 0 Å². The van der Waals surface area contributed by atoms with Gasteiger partial charge >= 0.3 is 0 Å². The van der Waals surface area contributed by atoms with Gasteiger partial charge in [-0.1, -0.05) is 23.7 Å². The Hall–Kier alpha value is -0.770. The topological polar surface area (TPSA) is 25.2 Å². The van der Waals surface area contributed by atoms with E-state index in [-0.39, 0.29) is 6.04 Å². The molecule has 2 nitrogen and oxygen atoms in total. The zero-order chi connectivity index (χ0) is 12.3. The van der Waals surface area contributed by atoms with E-state index in [1.54, 1.807) is 0 Å². The molecule has 1 unspecified atom stereocenters. The van der Waals surface area contributed by atoms with E-state index in [4.69, 9.17) is 16.0 Å². The van der Waals surface area contributed by atoms with E-state index >= 15 is 0 Å². The molecule has 1 aromatic heterocycles. The Kier molecular flexibility index (Phi) is 4.26. The smallest absolute Gasteiger partial charge is 0.169 e.